The molecule has 10 nitrogen and oxygen atoms in total. The van der Waals surface area contributed by atoms with Crippen molar-refractivity contribution in [3.05, 3.63) is 12.3 Å². The molecule has 1 atom stereocenters. The third-order valence-corrected chi connectivity index (χ3v) is 7.90. The van der Waals surface area contributed by atoms with E-state index in [1.54, 1.807) is 10.7 Å². The minimum atomic E-state index is -3.32. The molecule has 3 fully saturated rings. The molecule has 4 heterocycles. The first-order chi connectivity index (χ1) is 14.6. The van der Waals surface area contributed by atoms with Gasteiger partial charge in [0.25, 0.3) is 0 Å². The van der Waals surface area contributed by atoms with Crippen molar-refractivity contribution in [3.63, 3.8) is 0 Å². The molecular weight excluding hydrogens is 404 g/mol. The topological polar surface area (TPSA) is 108 Å². The van der Waals surface area contributed by atoms with Gasteiger partial charge < -0.3 is 10.2 Å². The van der Waals surface area contributed by atoms with Crippen LogP contribution in [0.2, 0.25) is 0 Å². The van der Waals surface area contributed by atoms with E-state index in [-0.39, 0.29) is 18.3 Å². The molecule has 2 saturated heterocycles. The molecule has 1 saturated carbocycles. The first-order valence-corrected chi connectivity index (χ1v) is 12.7. The van der Waals surface area contributed by atoms with Crippen LogP contribution in [-0.2, 0) is 10.0 Å². The number of sulfonamides is 1. The second kappa shape index (κ2) is 8.27. The number of hydrogen-bond donors (Lipinski definition) is 2. The van der Waals surface area contributed by atoms with Gasteiger partial charge in [-0.25, -0.2) is 13.1 Å². The van der Waals surface area contributed by atoms with Crippen LogP contribution in [0.1, 0.15) is 38.5 Å². The number of rotatable bonds is 7. The van der Waals surface area contributed by atoms with Crippen molar-refractivity contribution in [2.24, 2.45) is 0 Å². The fourth-order valence-corrected chi connectivity index (χ4v) is 6.13. The lowest BCUT2D eigenvalue weighted by molar-refractivity contribution is 0.229. The molecule has 0 spiro atoms. The Morgan fingerprint density at radius 3 is 2.80 bits per heavy atom. The summed E-state index contributed by atoms with van der Waals surface area (Å²) in [6, 6.07) is 2.51. The van der Waals surface area contributed by atoms with Gasteiger partial charge in [-0.3, -0.25) is 4.90 Å². The molecule has 3 aliphatic rings. The zero-order valence-corrected chi connectivity index (χ0v) is 18.0. The van der Waals surface area contributed by atoms with Crippen LogP contribution in [-0.4, -0.2) is 83.5 Å². The summed E-state index contributed by atoms with van der Waals surface area (Å²) in [7, 11) is -3.32. The predicted molar refractivity (Wildman–Crippen MR) is 115 cm³/mol. The summed E-state index contributed by atoms with van der Waals surface area (Å²) < 4.78 is 29.2. The van der Waals surface area contributed by atoms with Gasteiger partial charge in [-0.05, 0) is 32.2 Å². The molecule has 0 amide bonds. The van der Waals surface area contributed by atoms with Gasteiger partial charge in [-0.1, -0.05) is 12.8 Å². The van der Waals surface area contributed by atoms with Crippen LogP contribution in [0.15, 0.2) is 12.3 Å². The van der Waals surface area contributed by atoms with Crippen molar-refractivity contribution in [1.29, 1.82) is 0 Å². The SMILES string of the molecule is O=S(=O)(CCNc1nc(N2CCN3CCCC3C2)nc2ccnn12)NC1CCCC1. The second-order valence-corrected chi connectivity index (χ2v) is 10.4. The Morgan fingerprint density at radius 1 is 1.07 bits per heavy atom. The first kappa shape index (κ1) is 20.0. The fraction of sp³-hybridized carbons (Fsp3) is 0.737. The van der Waals surface area contributed by atoms with Gasteiger partial charge in [0.2, 0.25) is 21.9 Å². The lowest BCUT2D eigenvalue weighted by atomic mass is 10.2. The molecule has 2 aliphatic heterocycles. The fourth-order valence-electron chi connectivity index (χ4n) is 4.90. The maximum absolute atomic E-state index is 12.4. The highest BCUT2D eigenvalue weighted by Gasteiger charge is 2.32. The van der Waals surface area contributed by atoms with Gasteiger partial charge in [0, 0.05) is 44.3 Å². The highest BCUT2D eigenvalue weighted by atomic mass is 32.2. The summed E-state index contributed by atoms with van der Waals surface area (Å²) in [5.41, 5.74) is 0.711. The average molecular weight is 435 g/mol. The van der Waals surface area contributed by atoms with Crippen LogP contribution in [0.4, 0.5) is 11.9 Å². The second-order valence-electron chi connectivity index (χ2n) is 8.57. The molecule has 2 aromatic heterocycles. The largest absolute Gasteiger partial charge is 0.353 e. The Balaban J connectivity index is 1.27. The van der Waals surface area contributed by atoms with E-state index in [9.17, 15) is 8.42 Å². The quantitative estimate of drug-likeness (QED) is 0.655. The van der Waals surface area contributed by atoms with Crippen LogP contribution in [0, 0.1) is 0 Å². The number of piperazine rings is 1. The first-order valence-electron chi connectivity index (χ1n) is 11.0. The van der Waals surface area contributed by atoms with Crippen molar-refractivity contribution >= 4 is 27.6 Å². The lowest BCUT2D eigenvalue weighted by Gasteiger charge is -2.37. The average Bonchev–Trinajstić information content (AvgIpc) is 3.48. The minimum Gasteiger partial charge on any atom is -0.353 e. The summed E-state index contributed by atoms with van der Waals surface area (Å²) in [6.07, 6.45) is 8.24. The van der Waals surface area contributed by atoms with Crippen LogP contribution in [0.5, 0.6) is 0 Å². The number of fused-ring (bicyclic) bond motifs is 2. The van der Waals surface area contributed by atoms with Crippen LogP contribution in [0.25, 0.3) is 5.65 Å². The molecule has 164 valence electrons. The zero-order valence-electron chi connectivity index (χ0n) is 17.2. The van der Waals surface area contributed by atoms with Crippen molar-refractivity contribution in [1.82, 2.24) is 29.2 Å². The van der Waals surface area contributed by atoms with Gasteiger partial charge in [0.05, 0.1) is 11.9 Å². The van der Waals surface area contributed by atoms with Crippen molar-refractivity contribution in [3.8, 4) is 0 Å². The molecule has 30 heavy (non-hydrogen) atoms. The van der Waals surface area contributed by atoms with E-state index in [0.29, 0.717) is 23.6 Å². The van der Waals surface area contributed by atoms with E-state index in [1.807, 2.05) is 6.07 Å². The maximum atomic E-state index is 12.4. The van der Waals surface area contributed by atoms with Gasteiger partial charge in [-0.2, -0.15) is 19.6 Å². The van der Waals surface area contributed by atoms with Gasteiger partial charge in [0.15, 0.2) is 5.65 Å². The van der Waals surface area contributed by atoms with Gasteiger partial charge in [-0.15, -0.1) is 0 Å². The van der Waals surface area contributed by atoms with E-state index in [0.717, 1.165) is 45.3 Å². The number of hydrogen-bond acceptors (Lipinski definition) is 8. The Hall–Kier alpha value is -1.98. The summed E-state index contributed by atoms with van der Waals surface area (Å²) in [6.45, 7) is 4.33. The summed E-state index contributed by atoms with van der Waals surface area (Å²) >= 11 is 0. The summed E-state index contributed by atoms with van der Waals surface area (Å²) in [5, 5.41) is 7.47. The Bertz CT molecular complexity index is 988. The van der Waals surface area contributed by atoms with Crippen molar-refractivity contribution in [2.75, 3.05) is 48.7 Å². The van der Waals surface area contributed by atoms with Crippen LogP contribution in [0.3, 0.4) is 0 Å². The molecule has 0 bridgehead atoms. The molecule has 0 aromatic carbocycles. The van der Waals surface area contributed by atoms with E-state index in [2.05, 4.69) is 29.9 Å². The molecule has 2 N–H and O–H groups in total. The standard InChI is InChI=1S/C19H30N8O2S/c28-30(29,24-15-4-1-2-5-15)13-9-20-18-23-19(22-17-7-8-21-27(17)18)26-12-11-25-10-3-6-16(25)14-26/h7-8,15-16,24H,1-6,9-14H2,(H,20,22,23). The Kier molecular flexibility index (Phi) is 5.50. The van der Waals surface area contributed by atoms with Crippen molar-refractivity contribution < 1.29 is 8.42 Å². The molecule has 2 aromatic rings. The third-order valence-electron chi connectivity index (χ3n) is 6.47. The Morgan fingerprint density at radius 2 is 1.93 bits per heavy atom. The molecular formula is C19H30N8O2S. The van der Waals surface area contributed by atoms with E-state index in [1.165, 1.54) is 19.4 Å². The normalized spacial score (nSPS) is 23.3. The molecule has 5 rings (SSSR count). The van der Waals surface area contributed by atoms with E-state index >= 15 is 0 Å². The van der Waals surface area contributed by atoms with Crippen LogP contribution >= 0.6 is 0 Å². The molecule has 1 aliphatic carbocycles. The predicted octanol–water partition coefficient (Wildman–Crippen LogP) is 0.683. The Labute approximate surface area is 177 Å². The third kappa shape index (κ3) is 4.23. The smallest absolute Gasteiger partial charge is 0.230 e. The monoisotopic (exact) mass is 434 g/mol. The number of nitrogens with zero attached hydrogens (tertiary/aromatic N) is 6. The van der Waals surface area contributed by atoms with Crippen molar-refractivity contribution in [2.45, 2.75) is 50.6 Å². The highest BCUT2D eigenvalue weighted by molar-refractivity contribution is 7.89. The van der Waals surface area contributed by atoms with Gasteiger partial charge >= 0.3 is 0 Å². The number of nitrogens with one attached hydrogen (secondary N) is 2. The zero-order chi connectivity index (χ0) is 20.6. The number of anilines is 2. The minimum absolute atomic E-state index is 0.00630. The van der Waals surface area contributed by atoms with E-state index in [4.69, 9.17) is 4.98 Å². The summed E-state index contributed by atoms with van der Waals surface area (Å²) in [5.74, 6) is 1.22. The maximum Gasteiger partial charge on any atom is 0.230 e. The molecule has 11 heteroatoms. The van der Waals surface area contributed by atoms with Crippen LogP contribution < -0.4 is 14.9 Å². The highest BCUT2D eigenvalue weighted by Crippen LogP contribution is 2.24. The van der Waals surface area contributed by atoms with E-state index < -0.39 is 10.0 Å². The molecule has 1 unspecified atom stereocenters. The number of aromatic nitrogens is 4. The summed E-state index contributed by atoms with van der Waals surface area (Å²) in [4.78, 5) is 14.2. The van der Waals surface area contributed by atoms with Gasteiger partial charge in [0.1, 0.15) is 0 Å². The lowest BCUT2D eigenvalue weighted by Crippen LogP contribution is -2.50. The molecule has 0 radical (unpaired) electrons.